The van der Waals surface area contributed by atoms with Crippen LogP contribution in [-0.2, 0) is 0 Å². The molecule has 11 unspecified atom stereocenters. The molecule has 32 heavy (non-hydrogen) atoms. The molecule has 0 amide bonds. The standard InChI is InChI=1S/C32H58/c1-9-24-13-15-32(8)27(20-24)19-23(6)30-28-12-11-26(31(28,7)16-14-29(30)32)18-22(5)17-25(10-2)21(3)4/h21-30H,9-20H2,1-8H3. The van der Waals surface area contributed by atoms with Gasteiger partial charge in [-0.2, -0.15) is 0 Å². The van der Waals surface area contributed by atoms with Crippen molar-refractivity contribution >= 4 is 0 Å². The summed E-state index contributed by atoms with van der Waals surface area (Å²) in [5.74, 6) is 9.83. The van der Waals surface area contributed by atoms with Crippen molar-refractivity contribution in [2.45, 2.75) is 132 Å². The maximum atomic E-state index is 2.77. The zero-order chi connectivity index (χ0) is 23.3. The van der Waals surface area contributed by atoms with Gasteiger partial charge >= 0.3 is 0 Å². The lowest BCUT2D eigenvalue weighted by atomic mass is 9.42. The van der Waals surface area contributed by atoms with Gasteiger partial charge in [-0.3, -0.25) is 0 Å². The van der Waals surface area contributed by atoms with E-state index in [0.29, 0.717) is 10.8 Å². The average Bonchev–Trinajstić information content (AvgIpc) is 3.08. The quantitative estimate of drug-likeness (QED) is 0.368. The second-order valence-corrected chi connectivity index (χ2v) is 14.6. The highest BCUT2D eigenvalue weighted by molar-refractivity contribution is 5.10. The zero-order valence-corrected chi connectivity index (χ0v) is 23.3. The third-order valence-corrected chi connectivity index (χ3v) is 12.8. The smallest absolute Gasteiger partial charge is 0.0266 e. The topological polar surface area (TPSA) is 0 Å². The van der Waals surface area contributed by atoms with Gasteiger partial charge in [0.1, 0.15) is 0 Å². The maximum absolute atomic E-state index is 2.77. The van der Waals surface area contributed by atoms with Gasteiger partial charge in [0.05, 0.1) is 0 Å². The Morgan fingerprint density at radius 3 is 2.19 bits per heavy atom. The Balaban J connectivity index is 1.47. The van der Waals surface area contributed by atoms with Crippen molar-refractivity contribution < 1.29 is 0 Å². The molecule has 4 aliphatic carbocycles. The third kappa shape index (κ3) is 4.26. The molecule has 11 atom stereocenters. The van der Waals surface area contributed by atoms with Crippen LogP contribution in [0.4, 0.5) is 0 Å². The summed E-state index contributed by atoms with van der Waals surface area (Å²) in [5, 5.41) is 0. The van der Waals surface area contributed by atoms with Crippen LogP contribution < -0.4 is 0 Å². The minimum absolute atomic E-state index is 0.646. The van der Waals surface area contributed by atoms with Crippen LogP contribution in [0.25, 0.3) is 0 Å². The first-order chi connectivity index (χ1) is 15.1. The molecule has 0 spiro atoms. The second-order valence-electron chi connectivity index (χ2n) is 14.6. The summed E-state index contributed by atoms with van der Waals surface area (Å²) in [5.41, 5.74) is 1.31. The number of rotatable bonds is 7. The summed E-state index contributed by atoms with van der Waals surface area (Å²) >= 11 is 0. The minimum Gasteiger partial charge on any atom is -0.0651 e. The van der Waals surface area contributed by atoms with Crippen LogP contribution in [0.15, 0.2) is 0 Å². The summed E-state index contributed by atoms with van der Waals surface area (Å²) < 4.78 is 0. The van der Waals surface area contributed by atoms with Gasteiger partial charge in [-0.25, -0.2) is 0 Å². The van der Waals surface area contributed by atoms with E-state index in [1.165, 1.54) is 38.5 Å². The van der Waals surface area contributed by atoms with Gasteiger partial charge in [-0.1, -0.05) is 68.2 Å². The fraction of sp³-hybridized carbons (Fsp3) is 1.00. The van der Waals surface area contributed by atoms with Crippen molar-refractivity contribution in [2.24, 2.45) is 70.0 Å². The Kier molecular flexibility index (Phi) is 7.51. The Hall–Kier alpha value is 0. The minimum atomic E-state index is 0.646. The molecule has 0 radical (unpaired) electrons. The van der Waals surface area contributed by atoms with E-state index in [0.717, 1.165) is 59.2 Å². The van der Waals surface area contributed by atoms with E-state index in [4.69, 9.17) is 0 Å². The summed E-state index contributed by atoms with van der Waals surface area (Å²) in [6, 6.07) is 0. The first-order valence-electron chi connectivity index (χ1n) is 15.1. The van der Waals surface area contributed by atoms with Crippen LogP contribution in [0.2, 0.25) is 0 Å². The van der Waals surface area contributed by atoms with Crippen molar-refractivity contribution in [2.75, 3.05) is 0 Å². The van der Waals surface area contributed by atoms with E-state index in [1.807, 2.05) is 0 Å². The van der Waals surface area contributed by atoms with E-state index in [2.05, 4.69) is 55.4 Å². The highest BCUT2D eigenvalue weighted by Gasteiger charge is 2.61. The summed E-state index contributed by atoms with van der Waals surface area (Å²) in [4.78, 5) is 0. The molecule has 4 fully saturated rings. The predicted octanol–water partition coefficient (Wildman–Crippen LogP) is 10.0. The van der Waals surface area contributed by atoms with Gasteiger partial charge in [0.2, 0.25) is 0 Å². The van der Waals surface area contributed by atoms with Crippen LogP contribution in [-0.4, -0.2) is 0 Å². The Morgan fingerprint density at radius 2 is 1.53 bits per heavy atom. The Labute approximate surface area is 202 Å². The molecule has 4 aliphatic rings. The highest BCUT2D eigenvalue weighted by atomic mass is 14.7. The second kappa shape index (κ2) is 9.57. The summed E-state index contributed by atoms with van der Waals surface area (Å²) in [6.45, 7) is 20.6. The largest absolute Gasteiger partial charge is 0.0651 e. The molecule has 0 aromatic rings. The van der Waals surface area contributed by atoms with Crippen molar-refractivity contribution in [3.8, 4) is 0 Å². The van der Waals surface area contributed by atoms with Crippen LogP contribution >= 0.6 is 0 Å². The van der Waals surface area contributed by atoms with Crippen molar-refractivity contribution in [3.63, 3.8) is 0 Å². The summed E-state index contributed by atoms with van der Waals surface area (Å²) in [7, 11) is 0. The fourth-order valence-corrected chi connectivity index (χ4v) is 10.6. The highest BCUT2D eigenvalue weighted by Crippen LogP contribution is 2.69. The van der Waals surface area contributed by atoms with Crippen LogP contribution in [0.1, 0.15) is 132 Å². The lowest BCUT2D eigenvalue weighted by Gasteiger charge is -2.63. The molecule has 0 bridgehead atoms. The lowest BCUT2D eigenvalue weighted by molar-refractivity contribution is -0.142. The van der Waals surface area contributed by atoms with Gasteiger partial charge in [0.15, 0.2) is 0 Å². The van der Waals surface area contributed by atoms with Crippen molar-refractivity contribution in [3.05, 3.63) is 0 Å². The normalized spacial score (nSPS) is 48.1. The van der Waals surface area contributed by atoms with Gasteiger partial charge in [0, 0.05) is 0 Å². The first-order valence-corrected chi connectivity index (χ1v) is 15.1. The van der Waals surface area contributed by atoms with Gasteiger partial charge in [0.25, 0.3) is 0 Å². The molecule has 0 nitrogen and oxygen atoms in total. The zero-order valence-electron chi connectivity index (χ0n) is 23.3. The molecule has 0 heteroatoms. The fourth-order valence-electron chi connectivity index (χ4n) is 10.6. The van der Waals surface area contributed by atoms with Crippen LogP contribution in [0.5, 0.6) is 0 Å². The van der Waals surface area contributed by atoms with E-state index < -0.39 is 0 Å². The first kappa shape index (κ1) is 25.1. The Morgan fingerprint density at radius 1 is 0.844 bits per heavy atom. The molecule has 0 N–H and O–H groups in total. The molecule has 186 valence electrons. The molecule has 0 aliphatic heterocycles. The molecule has 0 aromatic carbocycles. The molecular formula is C32H58. The average molecular weight is 443 g/mol. The maximum Gasteiger partial charge on any atom is -0.0266 e. The summed E-state index contributed by atoms with van der Waals surface area (Å²) in [6.07, 6.45) is 18.1. The van der Waals surface area contributed by atoms with E-state index in [9.17, 15) is 0 Å². The van der Waals surface area contributed by atoms with Crippen molar-refractivity contribution in [1.82, 2.24) is 0 Å². The van der Waals surface area contributed by atoms with E-state index >= 15 is 0 Å². The van der Waals surface area contributed by atoms with Crippen molar-refractivity contribution in [1.29, 1.82) is 0 Å². The van der Waals surface area contributed by atoms with E-state index in [1.54, 1.807) is 38.5 Å². The number of hydrogen-bond donors (Lipinski definition) is 0. The predicted molar refractivity (Wildman–Crippen MR) is 141 cm³/mol. The third-order valence-electron chi connectivity index (χ3n) is 12.8. The van der Waals surface area contributed by atoms with Crippen LogP contribution in [0, 0.1) is 70.0 Å². The molecule has 4 rings (SSSR count). The Bertz CT molecular complexity index is 620. The molecule has 0 aromatic heterocycles. The molecule has 4 saturated carbocycles. The van der Waals surface area contributed by atoms with Gasteiger partial charge < -0.3 is 0 Å². The monoisotopic (exact) mass is 442 g/mol. The molecule has 0 saturated heterocycles. The molecular weight excluding hydrogens is 384 g/mol. The van der Waals surface area contributed by atoms with Gasteiger partial charge in [-0.05, 0) is 134 Å². The van der Waals surface area contributed by atoms with Gasteiger partial charge in [-0.15, -0.1) is 0 Å². The van der Waals surface area contributed by atoms with Crippen LogP contribution in [0.3, 0.4) is 0 Å². The number of hydrogen-bond acceptors (Lipinski definition) is 0. The van der Waals surface area contributed by atoms with E-state index in [-0.39, 0.29) is 0 Å². The SMILES string of the molecule is CCC1CCC2(C)C(C1)CC(C)C1C3CCC(CC(C)CC(CC)C(C)C)C3(C)CCC12. The molecule has 0 heterocycles. The lowest BCUT2D eigenvalue weighted by Crippen LogP contribution is -2.56. The number of fused-ring (bicyclic) bond motifs is 5.